The highest BCUT2D eigenvalue weighted by Gasteiger charge is 2.16. The van der Waals surface area contributed by atoms with Gasteiger partial charge in [-0.3, -0.25) is 4.98 Å². The molecule has 1 aliphatic heterocycles. The van der Waals surface area contributed by atoms with Crippen LogP contribution in [-0.2, 0) is 13.1 Å². The molecule has 1 aliphatic rings. The largest absolute Gasteiger partial charge is 0.491 e. The number of aromatic nitrogens is 2. The van der Waals surface area contributed by atoms with E-state index in [1.54, 1.807) is 12.4 Å². The van der Waals surface area contributed by atoms with Crippen molar-refractivity contribution >= 4 is 5.82 Å². The van der Waals surface area contributed by atoms with Gasteiger partial charge >= 0.3 is 0 Å². The van der Waals surface area contributed by atoms with Crippen LogP contribution in [0.4, 0.5) is 5.82 Å². The Labute approximate surface area is 112 Å². The maximum absolute atomic E-state index is 5.74. The smallest absolute Gasteiger partial charge is 0.147 e. The van der Waals surface area contributed by atoms with Crippen molar-refractivity contribution in [1.82, 2.24) is 9.97 Å². The van der Waals surface area contributed by atoms with E-state index >= 15 is 0 Å². The first kappa shape index (κ1) is 11.9. The molecule has 0 bridgehead atoms. The normalized spacial score (nSPS) is 14.5. The molecular formula is C14H16N4O. The lowest BCUT2D eigenvalue weighted by atomic mass is 10.2. The average Bonchev–Trinajstić information content (AvgIpc) is 2.69. The topological polar surface area (TPSA) is 64.3 Å². The zero-order valence-electron chi connectivity index (χ0n) is 10.6. The molecule has 0 spiro atoms. The van der Waals surface area contributed by atoms with E-state index in [2.05, 4.69) is 20.9 Å². The molecule has 5 nitrogen and oxygen atoms in total. The first-order valence-electron chi connectivity index (χ1n) is 6.33. The quantitative estimate of drug-likeness (QED) is 0.878. The Kier molecular flexibility index (Phi) is 3.29. The van der Waals surface area contributed by atoms with Crippen LogP contribution >= 0.6 is 0 Å². The molecule has 3 rings (SSSR count). The Hall–Kier alpha value is -2.14. The Morgan fingerprint density at radius 3 is 2.89 bits per heavy atom. The van der Waals surface area contributed by atoms with Gasteiger partial charge in [-0.15, -0.1) is 0 Å². The monoisotopic (exact) mass is 256 g/mol. The summed E-state index contributed by atoms with van der Waals surface area (Å²) >= 11 is 0. The molecule has 19 heavy (non-hydrogen) atoms. The molecule has 2 N–H and O–H groups in total. The van der Waals surface area contributed by atoms with Crippen LogP contribution < -0.4 is 15.4 Å². The van der Waals surface area contributed by atoms with Gasteiger partial charge in [0.2, 0.25) is 0 Å². The number of nitrogens with two attached hydrogens (primary N) is 1. The van der Waals surface area contributed by atoms with E-state index in [9.17, 15) is 0 Å². The number of hydrogen-bond acceptors (Lipinski definition) is 5. The number of ether oxygens (including phenoxy) is 1. The summed E-state index contributed by atoms with van der Waals surface area (Å²) < 4.78 is 5.74. The third-order valence-corrected chi connectivity index (χ3v) is 3.18. The molecule has 0 saturated carbocycles. The maximum atomic E-state index is 5.74. The molecule has 0 saturated heterocycles. The van der Waals surface area contributed by atoms with Gasteiger partial charge < -0.3 is 15.4 Å². The second-order valence-electron chi connectivity index (χ2n) is 4.45. The molecule has 0 amide bonds. The van der Waals surface area contributed by atoms with E-state index in [1.165, 1.54) is 5.56 Å². The van der Waals surface area contributed by atoms with Crippen molar-refractivity contribution in [2.75, 3.05) is 18.1 Å². The summed E-state index contributed by atoms with van der Waals surface area (Å²) in [6.07, 6.45) is 3.50. The Balaban J connectivity index is 1.85. The first-order chi connectivity index (χ1) is 9.36. The van der Waals surface area contributed by atoms with Crippen molar-refractivity contribution in [3.05, 3.63) is 47.9 Å². The molecule has 0 radical (unpaired) electrons. The second-order valence-corrected chi connectivity index (χ2v) is 4.45. The van der Waals surface area contributed by atoms with Gasteiger partial charge in [0.1, 0.15) is 18.2 Å². The zero-order chi connectivity index (χ0) is 13.1. The minimum absolute atomic E-state index is 0.416. The van der Waals surface area contributed by atoms with Crippen LogP contribution in [0.15, 0.2) is 36.7 Å². The fourth-order valence-electron chi connectivity index (χ4n) is 2.14. The minimum atomic E-state index is 0.416. The van der Waals surface area contributed by atoms with Crippen molar-refractivity contribution in [1.29, 1.82) is 0 Å². The number of rotatable bonds is 2. The standard InChI is InChI=1S/C14H16N4O/c15-7-12-8-17-14(9-16-12)18-5-6-19-13-4-2-1-3-11(13)10-18/h1-4,8-9H,5-7,10,15H2. The summed E-state index contributed by atoms with van der Waals surface area (Å²) in [5.74, 6) is 1.81. The van der Waals surface area contributed by atoms with Crippen molar-refractivity contribution < 1.29 is 4.74 Å². The zero-order valence-corrected chi connectivity index (χ0v) is 10.6. The maximum Gasteiger partial charge on any atom is 0.147 e. The number of anilines is 1. The third kappa shape index (κ3) is 2.51. The molecule has 0 aliphatic carbocycles. The summed E-state index contributed by atoms with van der Waals surface area (Å²) in [5.41, 5.74) is 7.50. The van der Waals surface area contributed by atoms with Gasteiger partial charge in [-0.25, -0.2) is 4.98 Å². The van der Waals surface area contributed by atoms with E-state index in [-0.39, 0.29) is 0 Å². The van der Waals surface area contributed by atoms with E-state index in [0.29, 0.717) is 13.2 Å². The van der Waals surface area contributed by atoms with Gasteiger partial charge in [0.15, 0.2) is 0 Å². The van der Waals surface area contributed by atoms with Gasteiger partial charge in [-0.2, -0.15) is 0 Å². The first-order valence-corrected chi connectivity index (χ1v) is 6.33. The second kappa shape index (κ2) is 5.24. The number of fused-ring (bicyclic) bond motifs is 1. The summed E-state index contributed by atoms with van der Waals surface area (Å²) in [7, 11) is 0. The SMILES string of the molecule is NCc1cnc(N2CCOc3ccccc3C2)cn1. The highest BCUT2D eigenvalue weighted by Crippen LogP contribution is 2.24. The average molecular weight is 256 g/mol. The lowest BCUT2D eigenvalue weighted by Gasteiger charge is -2.20. The van der Waals surface area contributed by atoms with Crippen molar-refractivity contribution in [3.63, 3.8) is 0 Å². The molecule has 0 atom stereocenters. The van der Waals surface area contributed by atoms with Gasteiger partial charge in [0.25, 0.3) is 0 Å². The third-order valence-electron chi connectivity index (χ3n) is 3.18. The molecule has 98 valence electrons. The molecule has 2 heterocycles. The minimum Gasteiger partial charge on any atom is -0.491 e. The van der Waals surface area contributed by atoms with E-state index in [0.717, 1.165) is 30.4 Å². The fraction of sp³-hybridized carbons (Fsp3) is 0.286. The van der Waals surface area contributed by atoms with Crippen molar-refractivity contribution in [2.45, 2.75) is 13.1 Å². The van der Waals surface area contributed by atoms with Gasteiger partial charge in [0, 0.05) is 18.7 Å². The number of benzene rings is 1. The molecule has 2 aromatic rings. The molecule has 1 aromatic heterocycles. The molecule has 1 aromatic carbocycles. The molecule has 5 heteroatoms. The molecular weight excluding hydrogens is 240 g/mol. The molecule has 0 unspecified atom stereocenters. The predicted octanol–water partition coefficient (Wildman–Crippen LogP) is 1.33. The summed E-state index contributed by atoms with van der Waals surface area (Å²) in [6, 6.07) is 8.09. The van der Waals surface area contributed by atoms with E-state index < -0.39 is 0 Å². The number of hydrogen-bond donors (Lipinski definition) is 1. The summed E-state index contributed by atoms with van der Waals surface area (Å²) in [5, 5.41) is 0. The van der Waals surface area contributed by atoms with Crippen LogP contribution in [-0.4, -0.2) is 23.1 Å². The van der Waals surface area contributed by atoms with Crippen LogP contribution in [0.5, 0.6) is 5.75 Å². The number of nitrogens with zero attached hydrogens (tertiary/aromatic N) is 3. The molecule has 0 fully saturated rings. The van der Waals surface area contributed by atoms with Gasteiger partial charge in [-0.1, -0.05) is 18.2 Å². The highest BCUT2D eigenvalue weighted by atomic mass is 16.5. The van der Waals surface area contributed by atoms with Gasteiger partial charge in [-0.05, 0) is 6.07 Å². The van der Waals surface area contributed by atoms with Crippen LogP contribution in [0.25, 0.3) is 0 Å². The van der Waals surface area contributed by atoms with Crippen LogP contribution in [0.2, 0.25) is 0 Å². The lowest BCUT2D eigenvalue weighted by molar-refractivity contribution is 0.331. The van der Waals surface area contributed by atoms with Crippen molar-refractivity contribution in [2.24, 2.45) is 5.73 Å². The van der Waals surface area contributed by atoms with Crippen LogP contribution in [0, 0.1) is 0 Å². The highest BCUT2D eigenvalue weighted by molar-refractivity contribution is 5.42. The van der Waals surface area contributed by atoms with E-state index in [4.69, 9.17) is 10.5 Å². The van der Waals surface area contributed by atoms with Crippen molar-refractivity contribution in [3.8, 4) is 5.75 Å². The van der Waals surface area contributed by atoms with Crippen LogP contribution in [0.3, 0.4) is 0 Å². The Morgan fingerprint density at radius 1 is 1.21 bits per heavy atom. The lowest BCUT2D eigenvalue weighted by Crippen LogP contribution is -2.26. The fourth-order valence-corrected chi connectivity index (χ4v) is 2.14. The number of para-hydroxylation sites is 1. The van der Waals surface area contributed by atoms with E-state index in [1.807, 2.05) is 18.2 Å². The summed E-state index contributed by atoms with van der Waals surface area (Å²) in [6.45, 7) is 2.65. The summed E-state index contributed by atoms with van der Waals surface area (Å²) in [4.78, 5) is 10.9. The Bertz CT molecular complexity index is 556. The van der Waals surface area contributed by atoms with Crippen LogP contribution in [0.1, 0.15) is 11.3 Å². The predicted molar refractivity (Wildman–Crippen MR) is 72.9 cm³/mol. The Morgan fingerprint density at radius 2 is 2.11 bits per heavy atom. The van der Waals surface area contributed by atoms with Gasteiger partial charge in [0.05, 0.1) is 24.6 Å².